The molecule has 0 aliphatic rings. The maximum absolute atomic E-state index is 11.9. The molecule has 1 amide bonds. The van der Waals surface area contributed by atoms with Crippen molar-refractivity contribution in [2.24, 2.45) is 0 Å². The summed E-state index contributed by atoms with van der Waals surface area (Å²) in [5, 5.41) is 11.9. The molecule has 0 aromatic heterocycles. The van der Waals surface area contributed by atoms with Crippen molar-refractivity contribution in [2.75, 3.05) is 13.7 Å². The molecule has 5 nitrogen and oxygen atoms in total. The lowest BCUT2D eigenvalue weighted by molar-refractivity contribution is -0.117. The SMILES string of the molecule is CCCCOc1ccc(/C=C(/C#N)C(=O)NC(C)C)cc1OC. The summed E-state index contributed by atoms with van der Waals surface area (Å²) in [6, 6.07) is 7.24. The summed E-state index contributed by atoms with van der Waals surface area (Å²) in [5.41, 5.74) is 0.764. The van der Waals surface area contributed by atoms with Gasteiger partial charge in [-0.2, -0.15) is 5.26 Å². The molecule has 0 fully saturated rings. The van der Waals surface area contributed by atoms with Gasteiger partial charge in [-0.3, -0.25) is 4.79 Å². The summed E-state index contributed by atoms with van der Waals surface area (Å²) in [6.07, 6.45) is 3.56. The number of benzene rings is 1. The Balaban J connectivity index is 2.97. The Bertz CT molecular complexity index is 601. The van der Waals surface area contributed by atoms with Gasteiger partial charge >= 0.3 is 0 Å². The van der Waals surface area contributed by atoms with E-state index in [1.807, 2.05) is 19.9 Å². The van der Waals surface area contributed by atoms with Crippen LogP contribution in [0.2, 0.25) is 0 Å². The Morgan fingerprint density at radius 1 is 1.39 bits per heavy atom. The summed E-state index contributed by atoms with van der Waals surface area (Å²) in [5.74, 6) is 0.851. The molecule has 0 saturated carbocycles. The smallest absolute Gasteiger partial charge is 0.262 e. The normalized spacial score (nSPS) is 11.0. The number of nitriles is 1. The summed E-state index contributed by atoms with van der Waals surface area (Å²) >= 11 is 0. The van der Waals surface area contributed by atoms with Gasteiger partial charge in [0.1, 0.15) is 11.6 Å². The first-order valence-corrected chi connectivity index (χ1v) is 7.75. The van der Waals surface area contributed by atoms with Gasteiger partial charge in [-0.1, -0.05) is 19.4 Å². The lowest BCUT2D eigenvalue weighted by Gasteiger charge is -2.11. The van der Waals surface area contributed by atoms with Crippen molar-refractivity contribution in [2.45, 2.75) is 39.7 Å². The fraction of sp³-hybridized carbons (Fsp3) is 0.444. The largest absolute Gasteiger partial charge is 0.493 e. The van der Waals surface area contributed by atoms with E-state index in [-0.39, 0.29) is 17.5 Å². The molecule has 0 saturated heterocycles. The molecule has 0 radical (unpaired) electrons. The summed E-state index contributed by atoms with van der Waals surface area (Å²) < 4.78 is 11.0. The Hall–Kier alpha value is -2.48. The lowest BCUT2D eigenvalue weighted by atomic mass is 10.1. The van der Waals surface area contributed by atoms with Crippen LogP contribution in [0, 0.1) is 11.3 Å². The van der Waals surface area contributed by atoms with Crippen LogP contribution in [-0.4, -0.2) is 25.7 Å². The third kappa shape index (κ3) is 6.03. The second-order valence-corrected chi connectivity index (χ2v) is 5.41. The van der Waals surface area contributed by atoms with Gasteiger partial charge < -0.3 is 14.8 Å². The molecule has 1 aromatic rings. The van der Waals surface area contributed by atoms with Crippen molar-refractivity contribution in [3.63, 3.8) is 0 Å². The van der Waals surface area contributed by atoms with Crippen molar-refractivity contribution < 1.29 is 14.3 Å². The first-order valence-electron chi connectivity index (χ1n) is 7.75. The van der Waals surface area contributed by atoms with Crippen LogP contribution in [0.5, 0.6) is 11.5 Å². The molecule has 0 bridgehead atoms. The molecule has 0 atom stereocenters. The number of rotatable bonds is 8. The average molecular weight is 316 g/mol. The second kappa shape index (κ2) is 9.52. The van der Waals surface area contributed by atoms with Crippen LogP contribution in [-0.2, 0) is 4.79 Å². The molecule has 0 heterocycles. The Morgan fingerprint density at radius 2 is 2.13 bits per heavy atom. The molecular weight excluding hydrogens is 292 g/mol. The number of nitrogens with zero attached hydrogens (tertiary/aromatic N) is 1. The zero-order valence-electron chi connectivity index (χ0n) is 14.2. The van der Waals surface area contributed by atoms with E-state index in [9.17, 15) is 4.79 Å². The van der Waals surface area contributed by atoms with Crippen LogP contribution in [0.4, 0.5) is 0 Å². The predicted octanol–water partition coefficient (Wildman–Crippen LogP) is 3.31. The van der Waals surface area contributed by atoms with E-state index in [1.54, 1.807) is 25.3 Å². The third-order valence-corrected chi connectivity index (χ3v) is 3.04. The molecule has 0 unspecified atom stereocenters. The zero-order chi connectivity index (χ0) is 17.2. The first kappa shape index (κ1) is 18.6. The Labute approximate surface area is 137 Å². The van der Waals surface area contributed by atoms with Crippen molar-refractivity contribution in [3.05, 3.63) is 29.3 Å². The van der Waals surface area contributed by atoms with E-state index in [0.717, 1.165) is 12.8 Å². The van der Waals surface area contributed by atoms with Gasteiger partial charge in [-0.25, -0.2) is 0 Å². The molecule has 0 spiro atoms. The van der Waals surface area contributed by atoms with E-state index in [0.29, 0.717) is 23.7 Å². The summed E-state index contributed by atoms with van der Waals surface area (Å²) in [6.45, 7) is 6.42. The fourth-order valence-electron chi connectivity index (χ4n) is 1.87. The second-order valence-electron chi connectivity index (χ2n) is 5.41. The van der Waals surface area contributed by atoms with Crippen LogP contribution in [0.1, 0.15) is 39.2 Å². The van der Waals surface area contributed by atoms with Crippen molar-refractivity contribution >= 4 is 12.0 Å². The minimum atomic E-state index is -0.385. The van der Waals surface area contributed by atoms with Gasteiger partial charge in [0, 0.05) is 6.04 Å². The highest BCUT2D eigenvalue weighted by Gasteiger charge is 2.11. The van der Waals surface area contributed by atoms with Crippen molar-refractivity contribution in [1.82, 2.24) is 5.32 Å². The molecular formula is C18H24N2O3. The molecule has 1 aromatic carbocycles. The average Bonchev–Trinajstić information content (AvgIpc) is 2.52. The van der Waals surface area contributed by atoms with Gasteiger partial charge in [0.15, 0.2) is 11.5 Å². The molecule has 5 heteroatoms. The minimum Gasteiger partial charge on any atom is -0.493 e. The van der Waals surface area contributed by atoms with E-state index in [1.165, 1.54) is 6.08 Å². The van der Waals surface area contributed by atoms with Crippen LogP contribution in [0.15, 0.2) is 23.8 Å². The van der Waals surface area contributed by atoms with E-state index < -0.39 is 0 Å². The molecule has 0 aliphatic carbocycles. The minimum absolute atomic E-state index is 0.0249. The van der Waals surface area contributed by atoms with Crippen LogP contribution in [0.3, 0.4) is 0 Å². The van der Waals surface area contributed by atoms with E-state index >= 15 is 0 Å². The molecule has 1 rings (SSSR count). The third-order valence-electron chi connectivity index (χ3n) is 3.04. The molecule has 1 N–H and O–H groups in total. The maximum Gasteiger partial charge on any atom is 0.262 e. The molecule has 0 aliphatic heterocycles. The number of amides is 1. The first-order chi connectivity index (χ1) is 11.0. The number of unbranched alkanes of at least 4 members (excludes halogenated alkanes) is 1. The Kier molecular flexibility index (Phi) is 7.69. The highest BCUT2D eigenvalue weighted by atomic mass is 16.5. The topological polar surface area (TPSA) is 71.3 Å². The number of ether oxygens (including phenoxy) is 2. The number of carbonyl (C=O) groups excluding carboxylic acids is 1. The van der Waals surface area contributed by atoms with Gasteiger partial charge in [0.05, 0.1) is 13.7 Å². The van der Waals surface area contributed by atoms with Gasteiger partial charge in [-0.05, 0) is 44.0 Å². The fourth-order valence-corrected chi connectivity index (χ4v) is 1.87. The van der Waals surface area contributed by atoms with E-state index in [2.05, 4.69) is 12.2 Å². The molecule has 124 valence electrons. The van der Waals surface area contributed by atoms with E-state index in [4.69, 9.17) is 14.7 Å². The van der Waals surface area contributed by atoms with Gasteiger partial charge in [0.25, 0.3) is 5.91 Å². The standard InChI is InChI=1S/C18H24N2O3/c1-5-6-9-23-16-8-7-14(11-17(16)22-4)10-15(12-19)18(21)20-13(2)3/h7-8,10-11,13H,5-6,9H2,1-4H3,(H,20,21)/b15-10-. The zero-order valence-corrected chi connectivity index (χ0v) is 14.2. The number of hydrogen-bond donors (Lipinski definition) is 1. The van der Waals surface area contributed by atoms with Crippen LogP contribution in [0.25, 0.3) is 6.08 Å². The number of carbonyl (C=O) groups is 1. The quantitative estimate of drug-likeness (QED) is 0.454. The monoisotopic (exact) mass is 316 g/mol. The summed E-state index contributed by atoms with van der Waals surface area (Å²) in [7, 11) is 1.56. The Morgan fingerprint density at radius 3 is 2.70 bits per heavy atom. The summed E-state index contributed by atoms with van der Waals surface area (Å²) in [4.78, 5) is 11.9. The van der Waals surface area contributed by atoms with Crippen molar-refractivity contribution in [3.8, 4) is 17.6 Å². The van der Waals surface area contributed by atoms with Gasteiger partial charge in [-0.15, -0.1) is 0 Å². The highest BCUT2D eigenvalue weighted by Crippen LogP contribution is 2.29. The van der Waals surface area contributed by atoms with Crippen LogP contribution >= 0.6 is 0 Å². The lowest BCUT2D eigenvalue weighted by Crippen LogP contribution is -2.30. The van der Waals surface area contributed by atoms with Crippen molar-refractivity contribution in [1.29, 1.82) is 5.26 Å². The number of methoxy groups -OCH3 is 1. The molecule has 23 heavy (non-hydrogen) atoms. The van der Waals surface area contributed by atoms with Crippen LogP contribution < -0.4 is 14.8 Å². The number of nitrogens with one attached hydrogen (secondary N) is 1. The number of hydrogen-bond acceptors (Lipinski definition) is 4. The highest BCUT2D eigenvalue weighted by molar-refractivity contribution is 6.01. The predicted molar refractivity (Wildman–Crippen MR) is 90.3 cm³/mol. The maximum atomic E-state index is 11.9. The van der Waals surface area contributed by atoms with Gasteiger partial charge in [0.2, 0.25) is 0 Å².